The van der Waals surface area contributed by atoms with Gasteiger partial charge in [0.15, 0.2) is 0 Å². The molecule has 1 fully saturated rings. The van der Waals surface area contributed by atoms with Crippen molar-refractivity contribution >= 4 is 5.82 Å². The quantitative estimate of drug-likeness (QED) is 0.929. The predicted octanol–water partition coefficient (Wildman–Crippen LogP) is 3.16. The van der Waals surface area contributed by atoms with Crippen LogP contribution in [0.5, 0.6) is 5.75 Å². The van der Waals surface area contributed by atoms with E-state index >= 15 is 0 Å². The second-order valence-electron chi connectivity index (χ2n) is 5.69. The van der Waals surface area contributed by atoms with Crippen LogP contribution in [-0.4, -0.2) is 16.4 Å². The van der Waals surface area contributed by atoms with E-state index in [2.05, 4.69) is 24.2 Å². The highest BCUT2D eigenvalue weighted by molar-refractivity contribution is 5.70. The average Bonchev–Trinajstić information content (AvgIpc) is 2.69. The van der Waals surface area contributed by atoms with Crippen LogP contribution < -0.4 is 10.5 Å². The largest absolute Gasteiger partial charge is 0.493 e. The molecule has 4 nitrogen and oxygen atoms in total. The second-order valence-corrected chi connectivity index (χ2v) is 5.69. The summed E-state index contributed by atoms with van der Waals surface area (Å²) >= 11 is 0. The van der Waals surface area contributed by atoms with Gasteiger partial charge in [-0.25, -0.2) is 0 Å². The Labute approximate surface area is 119 Å². The zero-order valence-corrected chi connectivity index (χ0v) is 12.1. The number of ether oxygens (including phenoxy) is 1. The maximum Gasteiger partial charge on any atom is 0.128 e. The topological polar surface area (TPSA) is 53.1 Å². The summed E-state index contributed by atoms with van der Waals surface area (Å²) in [5.74, 6) is 2.28. The Balaban J connectivity index is 1.88. The first-order valence-corrected chi connectivity index (χ1v) is 7.17. The zero-order valence-electron chi connectivity index (χ0n) is 12.1. The molecule has 0 aliphatic heterocycles. The highest BCUT2D eigenvalue weighted by atomic mass is 16.5. The summed E-state index contributed by atoms with van der Waals surface area (Å²) in [5.41, 5.74) is 8.97. The number of hydrogen-bond acceptors (Lipinski definition) is 3. The minimum absolute atomic E-state index is 0.659. The number of aryl methyl sites for hydroxylation is 2. The molecule has 20 heavy (non-hydrogen) atoms. The Hall–Kier alpha value is -1.97. The van der Waals surface area contributed by atoms with Gasteiger partial charge in [-0.1, -0.05) is 18.1 Å². The fourth-order valence-electron chi connectivity index (χ4n) is 2.45. The molecule has 1 saturated carbocycles. The van der Waals surface area contributed by atoms with Crippen molar-refractivity contribution in [1.29, 1.82) is 0 Å². The fourth-order valence-corrected chi connectivity index (χ4v) is 2.45. The Morgan fingerprint density at radius 1 is 1.35 bits per heavy atom. The van der Waals surface area contributed by atoms with Crippen LogP contribution in [0, 0.1) is 12.8 Å². The van der Waals surface area contributed by atoms with Gasteiger partial charge in [0.1, 0.15) is 11.6 Å². The number of nitrogens with zero attached hydrogens (tertiary/aromatic N) is 2. The third-order valence-electron chi connectivity index (χ3n) is 4.03. The molecule has 0 unspecified atom stereocenters. The van der Waals surface area contributed by atoms with Crippen molar-refractivity contribution in [1.82, 2.24) is 9.78 Å². The van der Waals surface area contributed by atoms with Crippen LogP contribution >= 0.6 is 0 Å². The van der Waals surface area contributed by atoms with E-state index in [1.165, 1.54) is 24.8 Å². The maximum atomic E-state index is 6.01. The minimum atomic E-state index is 0.659. The van der Waals surface area contributed by atoms with E-state index in [-0.39, 0.29) is 0 Å². The van der Waals surface area contributed by atoms with Crippen molar-refractivity contribution < 1.29 is 4.74 Å². The molecule has 2 N–H and O–H groups in total. The van der Waals surface area contributed by atoms with E-state index in [0.29, 0.717) is 5.82 Å². The van der Waals surface area contributed by atoms with E-state index in [4.69, 9.17) is 10.5 Å². The van der Waals surface area contributed by atoms with Crippen molar-refractivity contribution in [2.45, 2.75) is 26.2 Å². The van der Waals surface area contributed by atoms with Crippen LogP contribution in [0.3, 0.4) is 0 Å². The Bertz CT molecular complexity index is 595. The molecule has 2 aromatic rings. The van der Waals surface area contributed by atoms with E-state index < -0.39 is 0 Å². The highest BCUT2D eigenvalue weighted by Gasteiger charge is 2.19. The number of nitrogen functional groups attached to an aromatic ring is 1. The molecule has 3 rings (SSSR count). The van der Waals surface area contributed by atoms with E-state index in [1.807, 2.05) is 19.2 Å². The predicted molar refractivity (Wildman–Crippen MR) is 80.6 cm³/mol. The lowest BCUT2D eigenvalue weighted by Gasteiger charge is -2.25. The number of nitrogens with two attached hydrogens (primary N) is 1. The van der Waals surface area contributed by atoms with Gasteiger partial charge in [0, 0.05) is 18.7 Å². The van der Waals surface area contributed by atoms with Crippen LogP contribution in [-0.2, 0) is 7.05 Å². The number of anilines is 1. The molecule has 0 spiro atoms. The summed E-state index contributed by atoms with van der Waals surface area (Å²) in [4.78, 5) is 0. The van der Waals surface area contributed by atoms with Crippen LogP contribution in [0.2, 0.25) is 0 Å². The molecule has 4 heteroatoms. The Kier molecular flexibility index (Phi) is 3.38. The smallest absolute Gasteiger partial charge is 0.128 e. The number of benzene rings is 1. The van der Waals surface area contributed by atoms with Gasteiger partial charge in [-0.3, -0.25) is 4.68 Å². The Morgan fingerprint density at radius 3 is 2.75 bits per heavy atom. The summed E-state index contributed by atoms with van der Waals surface area (Å²) in [6.07, 6.45) is 3.92. The van der Waals surface area contributed by atoms with E-state index in [0.717, 1.165) is 29.5 Å². The molecule has 0 atom stereocenters. The van der Waals surface area contributed by atoms with Crippen molar-refractivity contribution in [3.05, 3.63) is 29.8 Å². The Morgan fingerprint density at radius 2 is 2.15 bits per heavy atom. The first-order valence-electron chi connectivity index (χ1n) is 7.17. The van der Waals surface area contributed by atoms with Gasteiger partial charge in [-0.05, 0) is 37.8 Å². The lowest BCUT2D eigenvalue weighted by molar-refractivity contribution is 0.181. The van der Waals surface area contributed by atoms with Gasteiger partial charge in [0.05, 0.1) is 12.3 Å². The third-order valence-corrected chi connectivity index (χ3v) is 4.03. The first kappa shape index (κ1) is 13.0. The van der Waals surface area contributed by atoms with Crippen molar-refractivity contribution in [3.8, 4) is 17.0 Å². The standard InChI is InChI=1S/C16H21N3O/c1-11-6-7-15(20-10-12-4-3-5-12)13(8-11)14-9-16(17)19(2)18-14/h6-9,12H,3-5,10,17H2,1-2H3. The summed E-state index contributed by atoms with van der Waals surface area (Å²) in [7, 11) is 1.85. The average molecular weight is 271 g/mol. The molecule has 1 aliphatic carbocycles. The maximum absolute atomic E-state index is 6.01. The van der Waals surface area contributed by atoms with Gasteiger partial charge in [-0.15, -0.1) is 0 Å². The van der Waals surface area contributed by atoms with Crippen molar-refractivity contribution in [3.63, 3.8) is 0 Å². The molecule has 106 valence electrons. The fraction of sp³-hybridized carbons (Fsp3) is 0.438. The molecule has 0 saturated heterocycles. The van der Waals surface area contributed by atoms with Gasteiger partial charge in [0.25, 0.3) is 0 Å². The van der Waals surface area contributed by atoms with Crippen molar-refractivity contribution in [2.24, 2.45) is 13.0 Å². The monoisotopic (exact) mass is 271 g/mol. The summed E-state index contributed by atoms with van der Waals surface area (Å²) < 4.78 is 7.70. The van der Waals surface area contributed by atoms with Gasteiger partial charge >= 0.3 is 0 Å². The second kappa shape index (κ2) is 5.19. The zero-order chi connectivity index (χ0) is 14.1. The first-order chi connectivity index (χ1) is 9.63. The highest BCUT2D eigenvalue weighted by Crippen LogP contribution is 2.33. The van der Waals surface area contributed by atoms with E-state index in [1.54, 1.807) is 4.68 Å². The summed E-state index contributed by atoms with van der Waals surface area (Å²) in [6.45, 7) is 2.88. The molecular formula is C16H21N3O. The van der Waals surface area contributed by atoms with Crippen LogP contribution in [0.4, 0.5) is 5.82 Å². The van der Waals surface area contributed by atoms with Crippen molar-refractivity contribution in [2.75, 3.05) is 12.3 Å². The van der Waals surface area contributed by atoms with Crippen LogP contribution in [0.25, 0.3) is 11.3 Å². The number of rotatable bonds is 4. The minimum Gasteiger partial charge on any atom is -0.493 e. The summed E-state index contributed by atoms with van der Waals surface area (Å²) in [6, 6.07) is 8.11. The normalized spacial score (nSPS) is 15.1. The van der Waals surface area contributed by atoms with Gasteiger partial charge in [-0.2, -0.15) is 5.10 Å². The lowest BCUT2D eigenvalue weighted by Crippen LogP contribution is -2.19. The molecule has 1 heterocycles. The number of hydrogen-bond donors (Lipinski definition) is 1. The van der Waals surface area contributed by atoms with Crippen LogP contribution in [0.15, 0.2) is 24.3 Å². The molecule has 1 aromatic carbocycles. The third kappa shape index (κ3) is 2.50. The van der Waals surface area contributed by atoms with Gasteiger partial charge in [0.2, 0.25) is 0 Å². The molecular weight excluding hydrogens is 250 g/mol. The SMILES string of the molecule is Cc1ccc(OCC2CCC2)c(-c2cc(N)n(C)n2)c1. The van der Waals surface area contributed by atoms with Gasteiger partial charge < -0.3 is 10.5 Å². The van der Waals surface area contributed by atoms with Crippen LogP contribution in [0.1, 0.15) is 24.8 Å². The summed E-state index contributed by atoms with van der Waals surface area (Å²) in [5, 5.41) is 4.46. The molecule has 0 radical (unpaired) electrons. The lowest BCUT2D eigenvalue weighted by atomic mass is 9.86. The molecule has 0 bridgehead atoms. The molecule has 0 amide bonds. The number of aromatic nitrogens is 2. The molecule has 1 aliphatic rings. The molecule has 1 aromatic heterocycles. The van der Waals surface area contributed by atoms with E-state index in [9.17, 15) is 0 Å².